The highest BCUT2D eigenvalue weighted by atomic mass is 16.2. The maximum Gasteiger partial charge on any atom is 0.254 e. The van der Waals surface area contributed by atoms with E-state index in [0.29, 0.717) is 29.8 Å². The topological polar surface area (TPSA) is 49.4 Å². The van der Waals surface area contributed by atoms with Crippen molar-refractivity contribution in [1.29, 1.82) is 0 Å². The lowest BCUT2D eigenvalue weighted by molar-refractivity contribution is -0.113. The number of ketones is 1. The van der Waals surface area contributed by atoms with Crippen LogP contribution >= 0.6 is 0 Å². The van der Waals surface area contributed by atoms with Gasteiger partial charge in [0.25, 0.3) is 5.91 Å². The third kappa shape index (κ3) is 6.13. The maximum absolute atomic E-state index is 13.2. The Balaban J connectivity index is 0.000000913. The molecule has 1 N–H and O–H groups in total. The molecule has 1 aliphatic rings. The van der Waals surface area contributed by atoms with Crippen LogP contribution < -0.4 is 5.32 Å². The zero-order chi connectivity index (χ0) is 22.8. The number of carbonyl (C=O) groups is 2. The predicted molar refractivity (Wildman–Crippen MR) is 131 cm³/mol. The minimum atomic E-state index is -0.0731. The monoisotopic (exact) mass is 424 g/mol. The number of hydrogen-bond donors (Lipinski definition) is 1. The molecule has 0 saturated carbocycles. The molecule has 0 atom stereocenters. The molecule has 0 bridgehead atoms. The van der Waals surface area contributed by atoms with Crippen molar-refractivity contribution < 1.29 is 9.59 Å². The van der Waals surface area contributed by atoms with Gasteiger partial charge in [0.05, 0.1) is 13.1 Å². The molecule has 162 valence electrons. The molecular formula is C28H28N2O2. The molecule has 1 fully saturated rings. The minimum Gasteiger partial charge on any atom is -0.330 e. The molecule has 0 aromatic heterocycles. The van der Waals surface area contributed by atoms with Crippen molar-refractivity contribution in [1.82, 2.24) is 10.2 Å². The molecule has 1 amide bonds. The first kappa shape index (κ1) is 22.9. The van der Waals surface area contributed by atoms with E-state index >= 15 is 0 Å². The fourth-order valence-electron chi connectivity index (χ4n) is 3.45. The Morgan fingerprint density at radius 2 is 1.09 bits per heavy atom. The van der Waals surface area contributed by atoms with Crippen molar-refractivity contribution >= 4 is 23.8 Å². The van der Waals surface area contributed by atoms with E-state index in [-0.39, 0.29) is 11.7 Å². The number of benzene rings is 3. The van der Waals surface area contributed by atoms with E-state index in [4.69, 9.17) is 0 Å². The first-order chi connectivity index (χ1) is 15.6. The summed E-state index contributed by atoms with van der Waals surface area (Å²) in [6, 6.07) is 28.7. The largest absolute Gasteiger partial charge is 0.330 e. The van der Waals surface area contributed by atoms with Gasteiger partial charge in [-0.3, -0.25) is 9.59 Å². The van der Waals surface area contributed by atoms with Gasteiger partial charge in [-0.15, -0.1) is 0 Å². The number of nitrogens with zero attached hydrogens (tertiary/aromatic N) is 1. The first-order valence-electron chi connectivity index (χ1n) is 10.6. The molecule has 3 aromatic rings. The molecule has 4 nitrogen and oxygen atoms in total. The Hall–Kier alpha value is -3.76. The van der Waals surface area contributed by atoms with Crippen LogP contribution in [0.3, 0.4) is 0 Å². The summed E-state index contributed by atoms with van der Waals surface area (Å²) < 4.78 is 0. The SMILES string of the molecule is CNC.O=C1C(=Cc2ccccc2)CN(C(=O)c2ccccc2)CC1=Cc1ccccc1. The Kier molecular flexibility index (Phi) is 8.29. The van der Waals surface area contributed by atoms with Gasteiger partial charge in [0.15, 0.2) is 5.78 Å². The number of amides is 1. The third-order valence-electron chi connectivity index (χ3n) is 4.89. The van der Waals surface area contributed by atoms with Gasteiger partial charge in [-0.05, 0) is 49.5 Å². The number of piperidine rings is 1. The predicted octanol–water partition coefficient (Wildman–Crippen LogP) is 4.71. The normalized spacial score (nSPS) is 15.9. The van der Waals surface area contributed by atoms with Gasteiger partial charge in [-0.2, -0.15) is 0 Å². The second-order valence-electron chi connectivity index (χ2n) is 7.52. The van der Waals surface area contributed by atoms with E-state index < -0.39 is 0 Å². The van der Waals surface area contributed by atoms with E-state index in [1.807, 2.05) is 105 Å². The van der Waals surface area contributed by atoms with Gasteiger partial charge >= 0.3 is 0 Å². The van der Waals surface area contributed by atoms with Crippen molar-refractivity contribution in [3.05, 3.63) is 119 Å². The summed E-state index contributed by atoms with van der Waals surface area (Å²) >= 11 is 0. The summed E-state index contributed by atoms with van der Waals surface area (Å²) in [6.07, 6.45) is 3.76. The van der Waals surface area contributed by atoms with Crippen molar-refractivity contribution in [2.24, 2.45) is 0 Å². The van der Waals surface area contributed by atoms with Crippen LogP contribution in [0.1, 0.15) is 21.5 Å². The van der Waals surface area contributed by atoms with Gasteiger partial charge in [-0.25, -0.2) is 0 Å². The lowest BCUT2D eigenvalue weighted by atomic mass is 9.93. The molecule has 3 aromatic carbocycles. The number of nitrogens with one attached hydrogen (secondary N) is 1. The number of rotatable bonds is 3. The zero-order valence-corrected chi connectivity index (χ0v) is 18.5. The Morgan fingerprint density at radius 3 is 1.50 bits per heavy atom. The lowest BCUT2D eigenvalue weighted by Gasteiger charge is -2.30. The molecule has 1 saturated heterocycles. The summed E-state index contributed by atoms with van der Waals surface area (Å²) in [7, 11) is 3.75. The van der Waals surface area contributed by atoms with E-state index in [1.54, 1.807) is 17.0 Å². The van der Waals surface area contributed by atoms with E-state index in [1.165, 1.54) is 0 Å². The smallest absolute Gasteiger partial charge is 0.254 e. The number of carbonyl (C=O) groups excluding carboxylic acids is 2. The third-order valence-corrected chi connectivity index (χ3v) is 4.89. The van der Waals surface area contributed by atoms with Crippen LogP contribution in [0.5, 0.6) is 0 Å². The van der Waals surface area contributed by atoms with Crippen LogP contribution in [0.2, 0.25) is 0 Å². The van der Waals surface area contributed by atoms with Crippen LogP contribution in [0, 0.1) is 0 Å². The van der Waals surface area contributed by atoms with Gasteiger partial charge in [0.2, 0.25) is 0 Å². The molecular weight excluding hydrogens is 396 g/mol. The quantitative estimate of drug-likeness (QED) is 0.619. The van der Waals surface area contributed by atoms with E-state index in [2.05, 4.69) is 5.32 Å². The second kappa shape index (κ2) is 11.6. The van der Waals surface area contributed by atoms with Crippen LogP contribution in [0.15, 0.2) is 102 Å². The van der Waals surface area contributed by atoms with Crippen molar-refractivity contribution in [3.63, 3.8) is 0 Å². The Bertz CT molecular complexity index is 1030. The standard InChI is InChI=1S/C26H21NO2.C2H7N/c28-25-23(16-20-10-4-1-5-11-20)18-27(26(29)22-14-8-3-9-15-22)19-24(25)17-21-12-6-2-7-13-21;1-3-2/h1-17H,18-19H2;3H,1-2H3. The van der Waals surface area contributed by atoms with Gasteiger partial charge < -0.3 is 10.2 Å². The Morgan fingerprint density at radius 1 is 0.719 bits per heavy atom. The maximum atomic E-state index is 13.2. The lowest BCUT2D eigenvalue weighted by Crippen LogP contribution is -2.41. The Labute approximate surface area is 189 Å². The highest BCUT2D eigenvalue weighted by Gasteiger charge is 2.29. The van der Waals surface area contributed by atoms with Crippen LogP contribution in [0.25, 0.3) is 12.2 Å². The average molecular weight is 425 g/mol. The molecule has 0 spiro atoms. The van der Waals surface area contributed by atoms with Crippen LogP contribution in [0.4, 0.5) is 0 Å². The molecule has 4 rings (SSSR count). The fraction of sp³-hybridized carbons (Fsp3) is 0.143. The van der Waals surface area contributed by atoms with Crippen LogP contribution in [-0.4, -0.2) is 43.8 Å². The highest BCUT2D eigenvalue weighted by Crippen LogP contribution is 2.23. The van der Waals surface area contributed by atoms with E-state index in [9.17, 15) is 9.59 Å². The molecule has 1 aliphatic heterocycles. The molecule has 4 heteroatoms. The first-order valence-corrected chi connectivity index (χ1v) is 10.6. The van der Waals surface area contributed by atoms with Crippen LogP contribution in [-0.2, 0) is 4.79 Å². The van der Waals surface area contributed by atoms with Crippen molar-refractivity contribution in [2.45, 2.75) is 0 Å². The molecule has 0 unspecified atom stereocenters. The summed E-state index contributed by atoms with van der Waals surface area (Å²) in [5, 5.41) is 2.75. The van der Waals surface area contributed by atoms with Gasteiger partial charge in [0.1, 0.15) is 0 Å². The number of Topliss-reactive ketones (excluding diaryl/α,β-unsaturated/α-hetero) is 1. The average Bonchev–Trinajstić information content (AvgIpc) is 2.83. The molecule has 0 radical (unpaired) electrons. The summed E-state index contributed by atoms with van der Waals surface area (Å²) in [4.78, 5) is 28.0. The fourth-order valence-corrected chi connectivity index (χ4v) is 3.45. The van der Waals surface area contributed by atoms with Gasteiger partial charge in [0, 0.05) is 16.7 Å². The summed E-state index contributed by atoms with van der Waals surface area (Å²) in [5.74, 6) is -0.0779. The highest BCUT2D eigenvalue weighted by molar-refractivity contribution is 6.15. The second-order valence-corrected chi connectivity index (χ2v) is 7.52. The zero-order valence-electron chi connectivity index (χ0n) is 18.5. The van der Waals surface area contributed by atoms with Crippen molar-refractivity contribution in [2.75, 3.05) is 27.2 Å². The van der Waals surface area contributed by atoms with Crippen molar-refractivity contribution in [3.8, 4) is 0 Å². The summed E-state index contributed by atoms with van der Waals surface area (Å²) in [5.41, 5.74) is 3.76. The van der Waals surface area contributed by atoms with E-state index in [0.717, 1.165) is 11.1 Å². The van der Waals surface area contributed by atoms with Gasteiger partial charge in [-0.1, -0.05) is 78.9 Å². The number of likely N-dealkylation sites (tertiary alicyclic amines) is 1. The summed E-state index contributed by atoms with van der Waals surface area (Å²) in [6.45, 7) is 0.598. The minimum absolute atomic E-state index is 0.00480. The number of hydrogen-bond acceptors (Lipinski definition) is 3. The molecule has 32 heavy (non-hydrogen) atoms. The molecule has 0 aliphatic carbocycles. The molecule has 1 heterocycles.